The molecule has 1 fully saturated rings. The molecule has 0 atom stereocenters. The van der Waals surface area contributed by atoms with Crippen molar-refractivity contribution in [2.45, 2.75) is 52.4 Å². The van der Waals surface area contributed by atoms with Gasteiger partial charge in [0, 0.05) is 42.0 Å². The first-order chi connectivity index (χ1) is 12.2. The fourth-order valence-corrected chi connectivity index (χ4v) is 4.81. The zero-order valence-electron chi connectivity index (χ0n) is 14.9. The quantitative estimate of drug-likeness (QED) is 0.842. The number of aryl methyl sites for hydroxylation is 1. The van der Waals surface area contributed by atoms with Gasteiger partial charge in [-0.25, -0.2) is 4.98 Å². The molecule has 4 rings (SSSR count). The maximum atomic E-state index is 12.6. The van der Waals surface area contributed by atoms with Crippen molar-refractivity contribution < 1.29 is 0 Å². The van der Waals surface area contributed by atoms with Crippen molar-refractivity contribution in [1.29, 1.82) is 0 Å². The molecule has 0 spiro atoms. The van der Waals surface area contributed by atoms with E-state index in [1.165, 1.54) is 22.6 Å². The van der Waals surface area contributed by atoms with Crippen molar-refractivity contribution in [3.63, 3.8) is 0 Å². The van der Waals surface area contributed by atoms with Crippen molar-refractivity contribution in [3.05, 3.63) is 49.8 Å². The van der Waals surface area contributed by atoms with Crippen LogP contribution in [0, 0.1) is 6.92 Å². The summed E-state index contributed by atoms with van der Waals surface area (Å²) in [5.74, 6) is 0.937. The van der Waals surface area contributed by atoms with Crippen LogP contribution < -0.4 is 5.56 Å². The number of aromatic nitrogens is 2. The first-order valence-corrected chi connectivity index (χ1v) is 10.1. The molecule has 4 heterocycles. The highest BCUT2D eigenvalue weighted by atomic mass is 32.1. The normalized spacial score (nSPS) is 19.1. The van der Waals surface area contributed by atoms with Crippen LogP contribution in [0.2, 0.25) is 0 Å². The fourth-order valence-electron chi connectivity index (χ4n) is 3.87. The smallest absolute Gasteiger partial charge is 0.253 e. The highest BCUT2D eigenvalue weighted by Gasteiger charge is 2.19. The lowest BCUT2D eigenvalue weighted by Gasteiger charge is -2.19. The molecule has 5 nitrogen and oxygen atoms in total. The molecule has 0 unspecified atom stereocenters. The van der Waals surface area contributed by atoms with Gasteiger partial charge in [-0.05, 0) is 51.4 Å². The molecule has 0 aromatic carbocycles. The number of rotatable bonds is 4. The molecule has 6 heteroatoms. The summed E-state index contributed by atoms with van der Waals surface area (Å²) in [6, 6.07) is 6.15. The van der Waals surface area contributed by atoms with E-state index in [4.69, 9.17) is 4.98 Å². The molecule has 134 valence electrons. The van der Waals surface area contributed by atoms with Gasteiger partial charge < -0.3 is 0 Å². The minimum Gasteiger partial charge on any atom is -0.298 e. The summed E-state index contributed by atoms with van der Waals surface area (Å²) in [7, 11) is 0. The maximum Gasteiger partial charge on any atom is 0.253 e. The van der Waals surface area contributed by atoms with Gasteiger partial charge >= 0.3 is 0 Å². The largest absolute Gasteiger partial charge is 0.298 e. The van der Waals surface area contributed by atoms with E-state index in [2.05, 4.69) is 28.9 Å². The molecular weight excluding hydrogens is 332 g/mol. The van der Waals surface area contributed by atoms with Crippen LogP contribution >= 0.6 is 11.3 Å². The van der Waals surface area contributed by atoms with Crippen molar-refractivity contribution >= 4 is 11.3 Å². The predicted octanol–water partition coefficient (Wildman–Crippen LogP) is 2.61. The standard InChI is InChI=1S/C19H26N4OS/c1-15-5-6-17(25-15)13-22-9-4-10-23-18(14-22)20-16(11-19(23)24)12-21-7-2-3-8-21/h5-6,11H,2-4,7-10,12-14H2,1H3. The van der Waals surface area contributed by atoms with E-state index in [9.17, 15) is 4.79 Å². The van der Waals surface area contributed by atoms with Gasteiger partial charge in [0.25, 0.3) is 5.56 Å². The lowest BCUT2D eigenvalue weighted by atomic mass is 10.3. The predicted molar refractivity (Wildman–Crippen MR) is 101 cm³/mol. The van der Waals surface area contributed by atoms with E-state index in [1.807, 2.05) is 15.9 Å². The molecular formula is C19H26N4OS. The number of nitrogens with zero attached hydrogens (tertiary/aromatic N) is 4. The van der Waals surface area contributed by atoms with Crippen molar-refractivity contribution in [1.82, 2.24) is 19.4 Å². The van der Waals surface area contributed by atoms with Gasteiger partial charge in [-0.1, -0.05) is 0 Å². The average molecular weight is 359 g/mol. The number of likely N-dealkylation sites (tertiary alicyclic amines) is 1. The van der Waals surface area contributed by atoms with E-state index >= 15 is 0 Å². The molecule has 0 saturated carbocycles. The Hall–Kier alpha value is -1.50. The van der Waals surface area contributed by atoms with E-state index in [0.29, 0.717) is 0 Å². The summed E-state index contributed by atoms with van der Waals surface area (Å²) >= 11 is 1.86. The SMILES string of the molecule is Cc1ccc(CN2CCCn3c(nc(CN4CCCC4)cc3=O)C2)s1. The first kappa shape index (κ1) is 16.9. The summed E-state index contributed by atoms with van der Waals surface area (Å²) < 4.78 is 1.88. The van der Waals surface area contributed by atoms with Crippen molar-refractivity contribution in [3.8, 4) is 0 Å². The Morgan fingerprint density at radius 1 is 1.04 bits per heavy atom. The molecule has 0 radical (unpaired) electrons. The third-order valence-corrected chi connectivity index (χ3v) is 6.11. The molecule has 0 aliphatic carbocycles. The molecule has 2 aromatic rings. The Labute approximate surface area is 152 Å². The van der Waals surface area contributed by atoms with Gasteiger partial charge in [0.2, 0.25) is 0 Å². The van der Waals surface area contributed by atoms with Gasteiger partial charge in [0.15, 0.2) is 0 Å². The molecule has 0 bridgehead atoms. The lowest BCUT2D eigenvalue weighted by Crippen LogP contribution is -2.29. The summed E-state index contributed by atoms with van der Waals surface area (Å²) in [6.07, 6.45) is 3.53. The topological polar surface area (TPSA) is 41.4 Å². The second-order valence-electron chi connectivity index (χ2n) is 7.21. The molecule has 0 N–H and O–H groups in total. The lowest BCUT2D eigenvalue weighted by molar-refractivity contribution is 0.259. The monoisotopic (exact) mass is 358 g/mol. The molecule has 1 saturated heterocycles. The van der Waals surface area contributed by atoms with Crippen LogP contribution in [0.3, 0.4) is 0 Å². The van der Waals surface area contributed by atoms with Crippen molar-refractivity contribution in [2.24, 2.45) is 0 Å². The molecule has 25 heavy (non-hydrogen) atoms. The maximum absolute atomic E-state index is 12.6. The van der Waals surface area contributed by atoms with E-state index in [-0.39, 0.29) is 5.56 Å². The van der Waals surface area contributed by atoms with Crippen LogP contribution in [-0.2, 0) is 26.2 Å². The molecule has 2 aliphatic heterocycles. The van der Waals surface area contributed by atoms with Gasteiger partial charge in [-0.2, -0.15) is 0 Å². The summed E-state index contributed by atoms with van der Waals surface area (Å²) in [5, 5.41) is 0. The number of hydrogen-bond acceptors (Lipinski definition) is 5. The van der Waals surface area contributed by atoms with E-state index in [0.717, 1.165) is 63.8 Å². The summed E-state index contributed by atoms with van der Waals surface area (Å²) in [5.41, 5.74) is 1.06. The Morgan fingerprint density at radius 3 is 2.60 bits per heavy atom. The zero-order valence-corrected chi connectivity index (χ0v) is 15.7. The van der Waals surface area contributed by atoms with Gasteiger partial charge in [-0.15, -0.1) is 11.3 Å². The fraction of sp³-hybridized carbons (Fsp3) is 0.579. The number of hydrogen-bond donors (Lipinski definition) is 0. The number of fused-ring (bicyclic) bond motifs is 1. The Bertz CT molecular complexity index is 791. The van der Waals surface area contributed by atoms with Crippen LogP contribution in [0.5, 0.6) is 0 Å². The Kier molecular flexibility index (Phi) is 5.01. The van der Waals surface area contributed by atoms with E-state index < -0.39 is 0 Å². The molecule has 2 aromatic heterocycles. The van der Waals surface area contributed by atoms with Crippen LogP contribution in [0.25, 0.3) is 0 Å². The second-order valence-corrected chi connectivity index (χ2v) is 8.59. The summed E-state index contributed by atoms with van der Waals surface area (Å²) in [6.45, 7) is 8.73. The zero-order chi connectivity index (χ0) is 17.2. The van der Waals surface area contributed by atoms with Crippen LogP contribution in [0.1, 0.15) is 40.5 Å². The Morgan fingerprint density at radius 2 is 1.84 bits per heavy atom. The highest BCUT2D eigenvalue weighted by Crippen LogP contribution is 2.20. The van der Waals surface area contributed by atoms with Crippen molar-refractivity contribution in [2.75, 3.05) is 19.6 Å². The first-order valence-electron chi connectivity index (χ1n) is 9.27. The highest BCUT2D eigenvalue weighted by molar-refractivity contribution is 7.11. The second kappa shape index (κ2) is 7.40. The van der Waals surface area contributed by atoms with Gasteiger partial charge in [0.05, 0.1) is 12.2 Å². The Balaban J connectivity index is 1.53. The van der Waals surface area contributed by atoms with Crippen LogP contribution in [0.15, 0.2) is 23.0 Å². The average Bonchev–Trinajstić information content (AvgIpc) is 3.16. The minimum absolute atomic E-state index is 0.119. The van der Waals surface area contributed by atoms with Crippen LogP contribution in [0.4, 0.5) is 0 Å². The number of thiophene rings is 1. The minimum atomic E-state index is 0.119. The van der Waals surface area contributed by atoms with E-state index in [1.54, 1.807) is 6.07 Å². The molecule has 0 amide bonds. The third kappa shape index (κ3) is 4.02. The van der Waals surface area contributed by atoms with Gasteiger partial charge in [-0.3, -0.25) is 19.2 Å². The van der Waals surface area contributed by atoms with Crippen LogP contribution in [-0.4, -0.2) is 39.0 Å². The third-order valence-electron chi connectivity index (χ3n) is 5.12. The molecule has 2 aliphatic rings. The summed E-state index contributed by atoms with van der Waals surface area (Å²) in [4.78, 5) is 25.0. The van der Waals surface area contributed by atoms with Gasteiger partial charge in [0.1, 0.15) is 5.82 Å².